The van der Waals surface area contributed by atoms with E-state index in [2.05, 4.69) is 27.7 Å². The van der Waals surface area contributed by atoms with Crippen LogP contribution in [0.4, 0.5) is 0 Å². The van der Waals surface area contributed by atoms with Crippen molar-refractivity contribution in [1.29, 1.82) is 0 Å². The quantitative estimate of drug-likeness (QED) is 0.605. The number of hydrogen-bond acceptors (Lipinski definition) is 1. The van der Waals surface area contributed by atoms with E-state index in [1.165, 1.54) is 17.6 Å². The highest BCUT2D eigenvalue weighted by Gasteiger charge is 2.63. The van der Waals surface area contributed by atoms with E-state index in [-0.39, 0.29) is 0 Å². The summed E-state index contributed by atoms with van der Waals surface area (Å²) >= 11 is 0. The Balaban J connectivity index is 2.09. The van der Waals surface area contributed by atoms with Crippen molar-refractivity contribution in [3.63, 3.8) is 0 Å². The molecular weight excluding hydrogens is 196 g/mol. The molecule has 0 aliphatic heterocycles. The number of fused-ring (bicyclic) bond motifs is 3. The first-order valence-corrected chi connectivity index (χ1v) is 6.36. The van der Waals surface area contributed by atoms with E-state index in [1.807, 2.05) is 6.08 Å². The lowest BCUT2D eigenvalue weighted by Gasteiger charge is -2.17. The minimum atomic E-state index is 0.295. The van der Waals surface area contributed by atoms with Gasteiger partial charge in [-0.25, -0.2) is 0 Å². The zero-order chi connectivity index (χ0) is 11.7. The molecule has 3 aliphatic rings. The summed E-state index contributed by atoms with van der Waals surface area (Å²) in [5.74, 6) is 2.31. The van der Waals surface area contributed by atoms with Crippen molar-refractivity contribution in [3.05, 3.63) is 22.8 Å². The van der Waals surface area contributed by atoms with E-state index in [9.17, 15) is 4.79 Å². The molecule has 0 spiro atoms. The van der Waals surface area contributed by atoms with Gasteiger partial charge >= 0.3 is 0 Å². The molecule has 16 heavy (non-hydrogen) atoms. The zero-order valence-corrected chi connectivity index (χ0v) is 10.6. The Kier molecular flexibility index (Phi) is 1.86. The minimum absolute atomic E-state index is 0.295. The molecule has 0 amide bonds. The van der Waals surface area contributed by atoms with E-state index in [0.29, 0.717) is 17.1 Å². The van der Waals surface area contributed by atoms with Crippen LogP contribution < -0.4 is 0 Å². The highest BCUT2D eigenvalue weighted by molar-refractivity contribution is 6.08. The average Bonchev–Trinajstić information content (AvgIpc) is 2.65. The predicted molar refractivity (Wildman–Crippen MR) is 64.9 cm³/mol. The number of allylic oxidation sites excluding steroid dienone is 4. The van der Waals surface area contributed by atoms with Gasteiger partial charge in [0.05, 0.1) is 0 Å². The van der Waals surface area contributed by atoms with Gasteiger partial charge in [0.2, 0.25) is 0 Å². The van der Waals surface area contributed by atoms with E-state index in [4.69, 9.17) is 0 Å². The third-order valence-corrected chi connectivity index (χ3v) is 5.21. The molecule has 1 nitrogen and oxygen atoms in total. The standard InChI is InChI=1S/C15H20O/c1-8-5-6-10-14(15(10,3)4)13-9(2)7-11(16)12(8)13/h7,10,13-14H,5-6H2,1-4H3. The SMILES string of the molecule is CC1=CC(=O)C2=C(C)CCC3C(C12)C3(C)C. The number of hydrogen-bond donors (Lipinski definition) is 0. The smallest absolute Gasteiger partial charge is 0.182 e. The molecule has 3 rings (SSSR count). The Morgan fingerprint density at radius 3 is 2.69 bits per heavy atom. The van der Waals surface area contributed by atoms with E-state index < -0.39 is 0 Å². The summed E-state index contributed by atoms with van der Waals surface area (Å²) in [4.78, 5) is 12.0. The summed E-state index contributed by atoms with van der Waals surface area (Å²) in [6.07, 6.45) is 4.29. The lowest BCUT2D eigenvalue weighted by Crippen LogP contribution is -2.12. The molecular formula is C15H20O. The Bertz CT molecular complexity index is 436. The monoisotopic (exact) mass is 216 g/mol. The summed E-state index contributed by atoms with van der Waals surface area (Å²) in [5.41, 5.74) is 4.26. The molecule has 3 aliphatic carbocycles. The second-order valence-corrected chi connectivity index (χ2v) is 6.42. The molecule has 3 atom stereocenters. The summed E-state index contributed by atoms with van der Waals surface area (Å²) in [6, 6.07) is 0. The largest absolute Gasteiger partial charge is 0.290 e. The van der Waals surface area contributed by atoms with Gasteiger partial charge in [0, 0.05) is 11.5 Å². The van der Waals surface area contributed by atoms with E-state index in [0.717, 1.165) is 23.8 Å². The maximum Gasteiger partial charge on any atom is 0.182 e. The van der Waals surface area contributed by atoms with Crippen molar-refractivity contribution >= 4 is 5.78 Å². The minimum Gasteiger partial charge on any atom is -0.290 e. The van der Waals surface area contributed by atoms with Crippen LogP contribution in [-0.2, 0) is 4.79 Å². The van der Waals surface area contributed by atoms with Crippen LogP contribution in [0, 0.1) is 23.2 Å². The molecule has 0 heterocycles. The fourth-order valence-electron chi connectivity index (χ4n) is 4.20. The van der Waals surface area contributed by atoms with Crippen LogP contribution in [-0.4, -0.2) is 5.78 Å². The molecule has 1 fully saturated rings. The molecule has 1 saturated carbocycles. The van der Waals surface area contributed by atoms with Crippen molar-refractivity contribution in [2.75, 3.05) is 0 Å². The molecule has 86 valence electrons. The molecule has 0 aromatic rings. The highest BCUT2D eigenvalue weighted by Crippen LogP contribution is 2.68. The predicted octanol–water partition coefficient (Wildman–Crippen LogP) is 3.51. The average molecular weight is 216 g/mol. The van der Waals surface area contributed by atoms with Crippen LogP contribution in [0.25, 0.3) is 0 Å². The van der Waals surface area contributed by atoms with Gasteiger partial charge in [-0.3, -0.25) is 4.79 Å². The molecule has 0 radical (unpaired) electrons. The molecule has 0 N–H and O–H groups in total. The van der Waals surface area contributed by atoms with Crippen molar-refractivity contribution in [2.24, 2.45) is 23.2 Å². The number of ketones is 1. The van der Waals surface area contributed by atoms with Gasteiger partial charge in [0.25, 0.3) is 0 Å². The van der Waals surface area contributed by atoms with Gasteiger partial charge in [0.1, 0.15) is 0 Å². The number of rotatable bonds is 0. The van der Waals surface area contributed by atoms with Gasteiger partial charge in [-0.1, -0.05) is 25.0 Å². The Labute approximate surface area is 97.6 Å². The summed E-state index contributed by atoms with van der Waals surface area (Å²) in [7, 11) is 0. The number of carbonyl (C=O) groups is 1. The normalized spacial score (nSPS) is 40.1. The van der Waals surface area contributed by atoms with Crippen LogP contribution in [0.2, 0.25) is 0 Å². The summed E-state index contributed by atoms with van der Waals surface area (Å²) in [5, 5.41) is 0. The van der Waals surface area contributed by atoms with Gasteiger partial charge in [-0.05, 0) is 50.0 Å². The van der Waals surface area contributed by atoms with Crippen molar-refractivity contribution in [1.82, 2.24) is 0 Å². The Morgan fingerprint density at radius 2 is 2.00 bits per heavy atom. The van der Waals surface area contributed by atoms with Gasteiger partial charge in [0.15, 0.2) is 5.78 Å². The summed E-state index contributed by atoms with van der Waals surface area (Å²) < 4.78 is 0. The zero-order valence-electron chi connectivity index (χ0n) is 10.6. The summed E-state index contributed by atoms with van der Waals surface area (Å²) in [6.45, 7) is 9.04. The topological polar surface area (TPSA) is 17.1 Å². The molecule has 0 aromatic carbocycles. The van der Waals surface area contributed by atoms with Crippen molar-refractivity contribution < 1.29 is 4.79 Å². The van der Waals surface area contributed by atoms with Gasteiger partial charge in [-0.2, -0.15) is 0 Å². The highest BCUT2D eigenvalue weighted by atomic mass is 16.1. The van der Waals surface area contributed by atoms with Gasteiger partial charge < -0.3 is 0 Å². The maximum atomic E-state index is 12.0. The molecule has 0 saturated heterocycles. The lowest BCUT2D eigenvalue weighted by molar-refractivity contribution is -0.111. The third-order valence-electron chi connectivity index (χ3n) is 5.21. The molecule has 0 aromatic heterocycles. The third kappa shape index (κ3) is 1.09. The Hall–Kier alpha value is -0.850. The molecule has 1 heteroatoms. The molecule has 0 bridgehead atoms. The van der Waals surface area contributed by atoms with E-state index in [1.54, 1.807) is 0 Å². The lowest BCUT2D eigenvalue weighted by atomic mass is 9.86. The van der Waals surface area contributed by atoms with Gasteiger partial charge in [-0.15, -0.1) is 0 Å². The van der Waals surface area contributed by atoms with Crippen LogP contribution in [0.3, 0.4) is 0 Å². The first-order chi connectivity index (χ1) is 7.44. The molecule has 3 unspecified atom stereocenters. The maximum absolute atomic E-state index is 12.0. The first kappa shape index (κ1) is 10.3. The van der Waals surface area contributed by atoms with Crippen LogP contribution in [0.1, 0.15) is 40.5 Å². The van der Waals surface area contributed by atoms with Crippen molar-refractivity contribution in [2.45, 2.75) is 40.5 Å². The Morgan fingerprint density at radius 1 is 1.31 bits per heavy atom. The number of carbonyl (C=O) groups excluding carboxylic acids is 1. The van der Waals surface area contributed by atoms with Crippen LogP contribution >= 0.6 is 0 Å². The van der Waals surface area contributed by atoms with E-state index >= 15 is 0 Å². The second kappa shape index (κ2) is 2.88. The first-order valence-electron chi connectivity index (χ1n) is 6.36. The fraction of sp³-hybridized carbons (Fsp3) is 0.667. The second-order valence-electron chi connectivity index (χ2n) is 6.42. The van der Waals surface area contributed by atoms with Crippen molar-refractivity contribution in [3.8, 4) is 0 Å². The fourth-order valence-corrected chi connectivity index (χ4v) is 4.20. The van der Waals surface area contributed by atoms with Crippen LogP contribution in [0.5, 0.6) is 0 Å². The van der Waals surface area contributed by atoms with Crippen LogP contribution in [0.15, 0.2) is 22.8 Å².